The average molecular weight is 465 g/mol. The fraction of sp³-hybridized carbons (Fsp3) is 1.00. The minimum Gasteiger partial charge on any atom is -0.414 e. The van der Waals surface area contributed by atoms with Crippen molar-refractivity contribution in [1.82, 2.24) is 0 Å². The summed E-state index contributed by atoms with van der Waals surface area (Å²) in [6, 6.07) is 0. The van der Waals surface area contributed by atoms with Crippen molar-refractivity contribution in [2.75, 3.05) is 7.11 Å². The Labute approximate surface area is 199 Å². The molecule has 0 amide bonds. The first-order valence-electron chi connectivity index (χ1n) is 13.6. The molecule has 4 aliphatic carbocycles. The van der Waals surface area contributed by atoms with Gasteiger partial charge in [0.15, 0.2) is 8.32 Å². The van der Waals surface area contributed by atoms with Crippen LogP contribution in [0.15, 0.2) is 0 Å². The van der Waals surface area contributed by atoms with Gasteiger partial charge in [-0.05, 0) is 117 Å². The van der Waals surface area contributed by atoms with E-state index in [9.17, 15) is 5.11 Å². The van der Waals surface area contributed by atoms with Crippen LogP contribution in [0, 0.1) is 40.4 Å². The molecule has 1 N–H and O–H groups in total. The number of aliphatic hydroxyl groups excluding tert-OH is 1. The number of methoxy groups -OCH3 is 1. The van der Waals surface area contributed by atoms with Gasteiger partial charge in [0.25, 0.3) is 0 Å². The number of hydrogen-bond acceptors (Lipinski definition) is 3. The Morgan fingerprint density at radius 1 is 1.00 bits per heavy atom. The van der Waals surface area contributed by atoms with Crippen LogP contribution >= 0.6 is 0 Å². The van der Waals surface area contributed by atoms with E-state index in [0.717, 1.165) is 24.2 Å². The van der Waals surface area contributed by atoms with Gasteiger partial charge >= 0.3 is 0 Å². The first-order valence-corrected chi connectivity index (χ1v) is 16.5. The van der Waals surface area contributed by atoms with Crippen molar-refractivity contribution >= 4 is 8.32 Å². The second-order valence-electron chi connectivity index (χ2n) is 14.3. The van der Waals surface area contributed by atoms with Crippen molar-refractivity contribution in [2.45, 2.75) is 129 Å². The number of rotatable bonds is 4. The highest BCUT2D eigenvalue weighted by Crippen LogP contribution is 2.68. The molecular weight excluding hydrogens is 412 g/mol. The lowest BCUT2D eigenvalue weighted by Crippen LogP contribution is -2.60. The van der Waals surface area contributed by atoms with Crippen molar-refractivity contribution in [3.05, 3.63) is 0 Å². The third-order valence-electron chi connectivity index (χ3n) is 11.7. The van der Waals surface area contributed by atoms with Gasteiger partial charge in [0, 0.05) is 13.2 Å². The molecule has 4 fully saturated rings. The van der Waals surface area contributed by atoms with Crippen molar-refractivity contribution < 1.29 is 14.3 Å². The molecule has 3 nitrogen and oxygen atoms in total. The van der Waals surface area contributed by atoms with Crippen LogP contribution in [0.1, 0.15) is 92.9 Å². The van der Waals surface area contributed by atoms with E-state index in [-0.39, 0.29) is 16.6 Å². The van der Waals surface area contributed by atoms with Crippen molar-refractivity contribution in [3.8, 4) is 0 Å². The summed E-state index contributed by atoms with van der Waals surface area (Å²) in [6.45, 7) is 19.0. The molecule has 4 rings (SSSR count). The van der Waals surface area contributed by atoms with E-state index >= 15 is 0 Å². The lowest BCUT2D eigenvalue weighted by atomic mass is 9.43. The smallest absolute Gasteiger partial charge is 0.192 e. The maximum atomic E-state index is 10.6. The summed E-state index contributed by atoms with van der Waals surface area (Å²) >= 11 is 0. The van der Waals surface area contributed by atoms with Gasteiger partial charge in [0.2, 0.25) is 0 Å². The number of ether oxygens (including phenoxy) is 1. The zero-order valence-electron chi connectivity index (χ0n) is 22.5. The topological polar surface area (TPSA) is 38.7 Å². The number of aliphatic hydroxyl groups is 1. The third kappa shape index (κ3) is 3.87. The molecule has 0 aromatic rings. The van der Waals surface area contributed by atoms with Crippen LogP contribution in [0.25, 0.3) is 0 Å². The Kier molecular flexibility index (Phi) is 6.57. The van der Waals surface area contributed by atoms with Crippen molar-refractivity contribution in [3.63, 3.8) is 0 Å². The Hall–Kier alpha value is 0.0969. The second-order valence-corrected chi connectivity index (χ2v) is 19.0. The van der Waals surface area contributed by atoms with Crippen LogP contribution in [-0.2, 0) is 9.16 Å². The van der Waals surface area contributed by atoms with E-state index < -0.39 is 8.32 Å². The summed E-state index contributed by atoms with van der Waals surface area (Å²) in [5.41, 5.74) is 0.614. The Morgan fingerprint density at radius 2 is 1.69 bits per heavy atom. The average Bonchev–Trinajstić information content (AvgIpc) is 3.03. The standard InChI is InChI=1S/C28H52O3Si/c1-18(29)22-12-13-23-21-11-10-19-16-20(31-32(8,9)26(2,3)4)14-15-27(19,5)25(21)24(30-7)17-28(22,23)6/h18-25,29H,10-17H2,1-9H3/t18-,19+,20?,21+,22-,23+,24+,25-,27+,28-/m1/s1. The molecule has 32 heavy (non-hydrogen) atoms. The summed E-state index contributed by atoms with van der Waals surface area (Å²) < 4.78 is 13.3. The molecule has 10 atom stereocenters. The van der Waals surface area contributed by atoms with Crippen LogP contribution < -0.4 is 0 Å². The lowest BCUT2D eigenvalue weighted by Gasteiger charge is -2.63. The minimum atomic E-state index is -1.72. The van der Waals surface area contributed by atoms with Crippen LogP contribution in [0.5, 0.6) is 0 Å². The fourth-order valence-corrected chi connectivity index (χ4v) is 10.5. The molecule has 4 heteroatoms. The molecule has 186 valence electrons. The SMILES string of the molecule is CO[C@H]1C[C@]2(C)[C@@H]([C@@H](C)O)CC[C@H]2[C@@H]2CC[C@H]3CC(O[Si](C)(C)C(C)(C)C)CC[C@]3(C)[C@H]21. The maximum absolute atomic E-state index is 10.6. The fourth-order valence-electron chi connectivity index (χ4n) is 9.06. The normalized spacial score (nSPS) is 48.0. The summed E-state index contributed by atoms with van der Waals surface area (Å²) in [7, 11) is 0.233. The molecule has 0 aliphatic heterocycles. The quantitative estimate of drug-likeness (QED) is 0.453. The van der Waals surface area contributed by atoms with Crippen LogP contribution in [0.3, 0.4) is 0 Å². The summed E-state index contributed by atoms with van der Waals surface area (Å²) in [5.74, 6) is 3.40. The van der Waals surface area contributed by atoms with Gasteiger partial charge in [0.05, 0.1) is 12.2 Å². The number of hydrogen-bond donors (Lipinski definition) is 1. The largest absolute Gasteiger partial charge is 0.414 e. The Bertz CT molecular complexity index is 685. The highest BCUT2D eigenvalue weighted by Gasteiger charge is 2.64. The Balaban J connectivity index is 1.55. The minimum absolute atomic E-state index is 0.200. The molecule has 0 bridgehead atoms. The van der Waals surface area contributed by atoms with E-state index in [1.807, 2.05) is 14.0 Å². The zero-order chi connectivity index (χ0) is 23.7. The van der Waals surface area contributed by atoms with E-state index in [1.165, 1.54) is 44.9 Å². The van der Waals surface area contributed by atoms with Gasteiger partial charge in [-0.1, -0.05) is 34.6 Å². The van der Waals surface area contributed by atoms with Gasteiger partial charge in [-0.2, -0.15) is 0 Å². The molecule has 4 aliphatic rings. The first-order chi connectivity index (χ1) is 14.7. The monoisotopic (exact) mass is 464 g/mol. The Morgan fingerprint density at radius 3 is 2.28 bits per heavy atom. The van der Waals surface area contributed by atoms with Crippen molar-refractivity contribution in [2.24, 2.45) is 40.4 Å². The van der Waals surface area contributed by atoms with Gasteiger partial charge in [0.1, 0.15) is 0 Å². The van der Waals surface area contributed by atoms with Gasteiger partial charge in [-0.25, -0.2) is 0 Å². The summed E-state index contributed by atoms with van der Waals surface area (Å²) in [6.07, 6.45) is 10.7. The highest BCUT2D eigenvalue weighted by atomic mass is 28.4. The second kappa shape index (κ2) is 8.35. The van der Waals surface area contributed by atoms with E-state index in [4.69, 9.17) is 9.16 Å². The van der Waals surface area contributed by atoms with Gasteiger partial charge in [-0.3, -0.25) is 0 Å². The van der Waals surface area contributed by atoms with Gasteiger partial charge < -0.3 is 14.3 Å². The van der Waals surface area contributed by atoms with Crippen molar-refractivity contribution in [1.29, 1.82) is 0 Å². The van der Waals surface area contributed by atoms with Gasteiger partial charge in [-0.15, -0.1) is 0 Å². The molecule has 0 radical (unpaired) electrons. The van der Waals surface area contributed by atoms with E-state index in [0.29, 0.717) is 29.5 Å². The molecular formula is C28H52O3Si. The molecule has 0 aromatic carbocycles. The molecule has 0 heterocycles. The predicted octanol–water partition coefficient (Wildman–Crippen LogP) is 7.04. The molecule has 1 unspecified atom stereocenters. The lowest BCUT2D eigenvalue weighted by molar-refractivity contribution is -0.188. The highest BCUT2D eigenvalue weighted by molar-refractivity contribution is 6.74. The zero-order valence-corrected chi connectivity index (χ0v) is 23.5. The van der Waals surface area contributed by atoms with Crippen LogP contribution in [-0.4, -0.2) is 38.8 Å². The molecule has 0 aromatic heterocycles. The summed E-state index contributed by atoms with van der Waals surface area (Å²) in [4.78, 5) is 0. The van der Waals surface area contributed by atoms with E-state index in [1.54, 1.807) is 0 Å². The third-order valence-corrected chi connectivity index (χ3v) is 16.3. The summed E-state index contributed by atoms with van der Waals surface area (Å²) in [5, 5.41) is 10.9. The number of fused-ring (bicyclic) bond motifs is 5. The molecule has 4 saturated carbocycles. The van der Waals surface area contributed by atoms with Crippen LogP contribution in [0.4, 0.5) is 0 Å². The van der Waals surface area contributed by atoms with Crippen LogP contribution in [0.2, 0.25) is 18.1 Å². The molecule has 0 spiro atoms. The van der Waals surface area contributed by atoms with E-state index in [2.05, 4.69) is 47.7 Å². The first kappa shape index (κ1) is 25.2. The predicted molar refractivity (Wildman–Crippen MR) is 135 cm³/mol. The molecule has 0 saturated heterocycles. The maximum Gasteiger partial charge on any atom is 0.192 e.